The van der Waals surface area contributed by atoms with Crippen LogP contribution in [0.5, 0.6) is 0 Å². The van der Waals surface area contributed by atoms with Crippen molar-refractivity contribution in [2.24, 2.45) is 11.7 Å². The molecule has 1 aromatic heterocycles. The van der Waals surface area contributed by atoms with Gasteiger partial charge < -0.3 is 5.73 Å². The van der Waals surface area contributed by atoms with Gasteiger partial charge in [0.05, 0.1) is 3.79 Å². The van der Waals surface area contributed by atoms with Gasteiger partial charge in [-0.2, -0.15) is 0 Å². The predicted octanol–water partition coefficient (Wildman–Crippen LogP) is 3.85. The molecule has 1 aliphatic rings. The number of nitrogens with zero attached hydrogens (tertiary/aromatic N) is 1. The highest BCUT2D eigenvalue weighted by atomic mass is 79.9. The first-order valence-electron chi connectivity index (χ1n) is 6.76. The minimum atomic E-state index is 0.225. The molecule has 1 heterocycles. The summed E-state index contributed by atoms with van der Waals surface area (Å²) in [4.78, 5) is 2.50. The van der Waals surface area contributed by atoms with E-state index in [0.717, 1.165) is 19.0 Å². The molecule has 1 aromatic rings. The zero-order chi connectivity index (χ0) is 13.2. The molecule has 1 saturated carbocycles. The Balaban J connectivity index is 2.12. The average molecular weight is 331 g/mol. The molecule has 4 heteroatoms. The Kier molecular flexibility index (Phi) is 4.86. The minimum absolute atomic E-state index is 0.225. The minimum Gasteiger partial charge on any atom is -0.329 e. The van der Waals surface area contributed by atoms with E-state index >= 15 is 0 Å². The standard InChI is InChI=1S/C14H23BrN2S/c1-3-12-5-4-6-14(12,10-16)17(2)8-11-7-13(15)18-9-11/h7,9,12H,3-6,8,10,16H2,1-2H3. The summed E-state index contributed by atoms with van der Waals surface area (Å²) in [5.41, 5.74) is 7.76. The number of likely N-dealkylation sites (N-methyl/N-ethyl adjacent to an activating group) is 1. The lowest BCUT2D eigenvalue weighted by Crippen LogP contribution is -2.54. The van der Waals surface area contributed by atoms with Crippen molar-refractivity contribution >= 4 is 27.3 Å². The molecule has 102 valence electrons. The molecule has 0 saturated heterocycles. The number of nitrogens with two attached hydrogens (primary N) is 1. The Morgan fingerprint density at radius 2 is 2.39 bits per heavy atom. The van der Waals surface area contributed by atoms with Gasteiger partial charge in [-0.15, -0.1) is 11.3 Å². The SMILES string of the molecule is CCC1CCCC1(CN)N(C)Cc1csc(Br)c1. The zero-order valence-electron chi connectivity index (χ0n) is 11.3. The highest BCUT2D eigenvalue weighted by molar-refractivity contribution is 9.11. The quantitative estimate of drug-likeness (QED) is 0.888. The number of hydrogen-bond acceptors (Lipinski definition) is 3. The van der Waals surface area contributed by atoms with E-state index in [2.05, 4.69) is 46.2 Å². The van der Waals surface area contributed by atoms with E-state index in [-0.39, 0.29) is 5.54 Å². The summed E-state index contributed by atoms with van der Waals surface area (Å²) in [7, 11) is 2.24. The lowest BCUT2D eigenvalue weighted by molar-refractivity contribution is 0.0748. The molecule has 1 aliphatic carbocycles. The van der Waals surface area contributed by atoms with Crippen molar-refractivity contribution in [3.05, 3.63) is 20.8 Å². The lowest BCUT2D eigenvalue weighted by atomic mass is 9.83. The second kappa shape index (κ2) is 6.04. The Morgan fingerprint density at radius 1 is 1.61 bits per heavy atom. The van der Waals surface area contributed by atoms with Crippen molar-refractivity contribution < 1.29 is 0 Å². The smallest absolute Gasteiger partial charge is 0.0701 e. The van der Waals surface area contributed by atoms with Gasteiger partial charge in [0.1, 0.15) is 0 Å². The van der Waals surface area contributed by atoms with Crippen LogP contribution in [0.4, 0.5) is 0 Å². The van der Waals surface area contributed by atoms with Crippen molar-refractivity contribution in [2.75, 3.05) is 13.6 Å². The summed E-state index contributed by atoms with van der Waals surface area (Å²) in [5, 5.41) is 2.24. The van der Waals surface area contributed by atoms with Crippen LogP contribution in [0.2, 0.25) is 0 Å². The molecule has 18 heavy (non-hydrogen) atoms. The summed E-state index contributed by atoms with van der Waals surface area (Å²) in [5.74, 6) is 0.759. The van der Waals surface area contributed by atoms with Gasteiger partial charge in [-0.25, -0.2) is 0 Å². The van der Waals surface area contributed by atoms with Gasteiger partial charge in [0.15, 0.2) is 0 Å². The van der Waals surface area contributed by atoms with Crippen molar-refractivity contribution in [1.29, 1.82) is 0 Å². The van der Waals surface area contributed by atoms with E-state index in [1.807, 2.05) is 0 Å². The van der Waals surface area contributed by atoms with Crippen LogP contribution in [0.15, 0.2) is 15.2 Å². The number of thiophene rings is 1. The number of rotatable bonds is 5. The maximum atomic E-state index is 6.15. The van der Waals surface area contributed by atoms with Crippen LogP contribution in [0.3, 0.4) is 0 Å². The number of halogens is 1. The fourth-order valence-electron chi connectivity index (χ4n) is 3.50. The third kappa shape index (κ3) is 2.67. The van der Waals surface area contributed by atoms with E-state index in [1.54, 1.807) is 11.3 Å². The Hall–Kier alpha value is 0.100. The fourth-order valence-corrected chi connectivity index (χ4v) is 4.70. The molecule has 0 spiro atoms. The van der Waals surface area contributed by atoms with Gasteiger partial charge in [-0.1, -0.05) is 19.8 Å². The van der Waals surface area contributed by atoms with Crippen molar-refractivity contribution in [3.8, 4) is 0 Å². The van der Waals surface area contributed by atoms with E-state index in [0.29, 0.717) is 0 Å². The van der Waals surface area contributed by atoms with Gasteiger partial charge in [0.2, 0.25) is 0 Å². The first-order chi connectivity index (χ1) is 8.62. The monoisotopic (exact) mass is 330 g/mol. The number of hydrogen-bond donors (Lipinski definition) is 1. The Labute approximate surface area is 123 Å². The van der Waals surface area contributed by atoms with Crippen LogP contribution >= 0.6 is 27.3 Å². The van der Waals surface area contributed by atoms with E-state index in [9.17, 15) is 0 Å². The summed E-state index contributed by atoms with van der Waals surface area (Å²) in [6.07, 6.45) is 5.16. The Bertz CT molecular complexity index is 393. The first kappa shape index (κ1) is 14.5. The topological polar surface area (TPSA) is 29.3 Å². The van der Waals surface area contributed by atoms with Gasteiger partial charge in [0.25, 0.3) is 0 Å². The second-order valence-electron chi connectivity index (χ2n) is 5.42. The van der Waals surface area contributed by atoms with E-state index in [4.69, 9.17) is 5.73 Å². The summed E-state index contributed by atoms with van der Waals surface area (Å²) < 4.78 is 1.21. The largest absolute Gasteiger partial charge is 0.329 e. The Morgan fingerprint density at radius 3 is 2.94 bits per heavy atom. The van der Waals surface area contributed by atoms with Crippen LogP contribution in [0, 0.1) is 5.92 Å². The molecule has 0 radical (unpaired) electrons. The van der Waals surface area contributed by atoms with Gasteiger partial charge in [-0.3, -0.25) is 4.90 Å². The fraction of sp³-hybridized carbons (Fsp3) is 0.714. The lowest BCUT2D eigenvalue weighted by Gasteiger charge is -2.42. The van der Waals surface area contributed by atoms with Crippen LogP contribution in [-0.4, -0.2) is 24.0 Å². The predicted molar refractivity (Wildman–Crippen MR) is 82.9 cm³/mol. The van der Waals surface area contributed by atoms with Gasteiger partial charge >= 0.3 is 0 Å². The molecule has 2 N–H and O–H groups in total. The molecule has 0 aliphatic heterocycles. The van der Waals surface area contributed by atoms with Crippen LogP contribution in [0.25, 0.3) is 0 Å². The molecule has 2 nitrogen and oxygen atoms in total. The maximum absolute atomic E-state index is 6.15. The summed E-state index contributed by atoms with van der Waals surface area (Å²) in [6, 6.07) is 2.22. The van der Waals surface area contributed by atoms with Crippen molar-refractivity contribution in [1.82, 2.24) is 4.90 Å². The first-order valence-corrected chi connectivity index (χ1v) is 8.44. The average Bonchev–Trinajstić information content (AvgIpc) is 2.95. The van der Waals surface area contributed by atoms with Crippen LogP contribution in [0.1, 0.15) is 38.2 Å². The summed E-state index contributed by atoms with van der Waals surface area (Å²) >= 11 is 5.30. The highest BCUT2D eigenvalue weighted by Gasteiger charge is 2.43. The normalized spacial score (nSPS) is 28.2. The molecule has 2 rings (SSSR count). The van der Waals surface area contributed by atoms with Crippen molar-refractivity contribution in [3.63, 3.8) is 0 Å². The highest BCUT2D eigenvalue weighted by Crippen LogP contribution is 2.41. The summed E-state index contributed by atoms with van der Waals surface area (Å²) in [6.45, 7) is 4.10. The molecule has 0 aromatic carbocycles. The van der Waals surface area contributed by atoms with Crippen molar-refractivity contribution in [2.45, 2.75) is 44.7 Å². The molecule has 2 unspecified atom stereocenters. The van der Waals surface area contributed by atoms with Crippen LogP contribution in [-0.2, 0) is 6.54 Å². The molecule has 0 bridgehead atoms. The molecule has 1 fully saturated rings. The second-order valence-corrected chi connectivity index (χ2v) is 7.71. The van der Waals surface area contributed by atoms with Crippen LogP contribution < -0.4 is 5.73 Å². The molecule has 0 amide bonds. The van der Waals surface area contributed by atoms with Gasteiger partial charge in [0, 0.05) is 18.6 Å². The maximum Gasteiger partial charge on any atom is 0.0701 e. The third-order valence-corrected chi connectivity index (χ3v) is 6.12. The van der Waals surface area contributed by atoms with Gasteiger partial charge in [-0.05, 0) is 58.7 Å². The van der Waals surface area contributed by atoms with E-state index < -0.39 is 0 Å². The van der Waals surface area contributed by atoms with E-state index in [1.165, 1.54) is 35.0 Å². The molecule has 2 atom stereocenters. The molecular weight excluding hydrogens is 308 g/mol. The third-order valence-electron chi connectivity index (χ3n) is 4.57. The molecular formula is C14H23BrN2S. The zero-order valence-corrected chi connectivity index (χ0v) is 13.7.